The van der Waals surface area contributed by atoms with Gasteiger partial charge in [0.05, 0.1) is 6.20 Å². The van der Waals surface area contributed by atoms with E-state index in [4.69, 9.17) is 0 Å². The van der Waals surface area contributed by atoms with E-state index in [0.717, 1.165) is 12.1 Å². The van der Waals surface area contributed by atoms with Gasteiger partial charge >= 0.3 is 0 Å². The number of hydrogen-bond donors (Lipinski definition) is 1. The maximum absolute atomic E-state index is 11.8. The third-order valence-electron chi connectivity index (χ3n) is 2.54. The number of aromatic nitrogens is 2. The van der Waals surface area contributed by atoms with E-state index in [9.17, 15) is 9.90 Å². The van der Waals surface area contributed by atoms with Crippen molar-refractivity contribution in [2.45, 2.75) is 13.5 Å². The summed E-state index contributed by atoms with van der Waals surface area (Å²) in [4.78, 5) is 11.8. The van der Waals surface area contributed by atoms with E-state index >= 15 is 0 Å². The standard InChI is InChI=1S/C14H14N2O2/c1-2-16-10-11(9-15-16)6-7-14(18)12-4-3-5-13(17)8-12/h3-10,17H,2H2,1H3/b7-6-. The Morgan fingerprint density at radius 3 is 3.00 bits per heavy atom. The molecule has 0 saturated heterocycles. The number of phenols is 1. The maximum atomic E-state index is 11.8. The lowest BCUT2D eigenvalue weighted by Gasteiger charge is -1.96. The van der Waals surface area contributed by atoms with Crippen molar-refractivity contribution in [1.29, 1.82) is 0 Å². The van der Waals surface area contributed by atoms with Crippen molar-refractivity contribution in [2.24, 2.45) is 0 Å². The average molecular weight is 242 g/mol. The topological polar surface area (TPSA) is 55.1 Å². The Hall–Kier alpha value is -2.36. The van der Waals surface area contributed by atoms with Crippen molar-refractivity contribution in [3.05, 3.63) is 53.9 Å². The Balaban J connectivity index is 2.11. The molecule has 92 valence electrons. The molecule has 18 heavy (non-hydrogen) atoms. The predicted octanol–water partition coefficient (Wildman–Crippen LogP) is 2.50. The molecule has 1 heterocycles. The largest absolute Gasteiger partial charge is 0.508 e. The zero-order valence-electron chi connectivity index (χ0n) is 10.1. The Labute approximate surface area is 105 Å². The minimum absolute atomic E-state index is 0.0908. The fraction of sp³-hybridized carbons (Fsp3) is 0.143. The highest BCUT2D eigenvalue weighted by atomic mass is 16.3. The zero-order valence-corrected chi connectivity index (χ0v) is 10.1. The number of phenolic OH excluding ortho intramolecular Hbond substituents is 1. The van der Waals surface area contributed by atoms with Crippen molar-refractivity contribution in [3.8, 4) is 5.75 Å². The fourth-order valence-electron chi connectivity index (χ4n) is 1.57. The third-order valence-corrected chi connectivity index (χ3v) is 2.54. The second-order valence-corrected chi connectivity index (χ2v) is 3.88. The van der Waals surface area contributed by atoms with Gasteiger partial charge in [0.1, 0.15) is 5.75 Å². The van der Waals surface area contributed by atoms with Gasteiger partial charge in [0, 0.05) is 23.9 Å². The minimum Gasteiger partial charge on any atom is -0.508 e. The van der Waals surface area contributed by atoms with Crippen LogP contribution in [0, 0.1) is 0 Å². The molecule has 2 aromatic rings. The number of aryl methyl sites for hydroxylation is 1. The summed E-state index contributed by atoms with van der Waals surface area (Å²) < 4.78 is 1.79. The number of ketones is 1. The van der Waals surface area contributed by atoms with Gasteiger partial charge in [-0.3, -0.25) is 9.48 Å². The van der Waals surface area contributed by atoms with Gasteiger partial charge in [-0.25, -0.2) is 0 Å². The Bertz CT molecular complexity index is 585. The molecule has 4 heteroatoms. The SMILES string of the molecule is CCn1cc(/C=C\C(=O)c2cccc(O)c2)cn1. The molecule has 0 amide bonds. The summed E-state index contributed by atoms with van der Waals surface area (Å²) in [7, 11) is 0. The molecule has 0 aliphatic rings. The monoisotopic (exact) mass is 242 g/mol. The Morgan fingerprint density at radius 2 is 2.33 bits per heavy atom. The summed E-state index contributed by atoms with van der Waals surface area (Å²) >= 11 is 0. The molecule has 0 spiro atoms. The summed E-state index contributed by atoms with van der Waals surface area (Å²) in [5.74, 6) is -0.0526. The van der Waals surface area contributed by atoms with Crippen LogP contribution in [0.1, 0.15) is 22.8 Å². The number of nitrogens with zero attached hydrogens (tertiary/aromatic N) is 2. The summed E-state index contributed by atoms with van der Waals surface area (Å²) in [6.45, 7) is 2.80. The van der Waals surface area contributed by atoms with Gasteiger partial charge in [-0.05, 0) is 31.2 Å². The molecular formula is C14H14N2O2. The molecule has 1 aromatic heterocycles. The second kappa shape index (κ2) is 5.31. The van der Waals surface area contributed by atoms with Crippen molar-refractivity contribution in [3.63, 3.8) is 0 Å². The Kier molecular flexibility index (Phi) is 3.57. The number of carbonyl (C=O) groups excluding carboxylic acids is 1. The van der Waals surface area contributed by atoms with Gasteiger partial charge in [0.15, 0.2) is 5.78 Å². The van der Waals surface area contributed by atoms with E-state index in [1.807, 2.05) is 13.1 Å². The van der Waals surface area contributed by atoms with Crippen molar-refractivity contribution < 1.29 is 9.90 Å². The normalized spacial score (nSPS) is 10.9. The average Bonchev–Trinajstić information content (AvgIpc) is 2.84. The van der Waals surface area contributed by atoms with Gasteiger partial charge in [-0.1, -0.05) is 12.1 Å². The number of rotatable bonds is 4. The summed E-state index contributed by atoms with van der Waals surface area (Å²) in [5.41, 5.74) is 1.35. The van der Waals surface area contributed by atoms with Gasteiger partial charge in [-0.15, -0.1) is 0 Å². The van der Waals surface area contributed by atoms with Gasteiger partial charge in [-0.2, -0.15) is 5.10 Å². The van der Waals surface area contributed by atoms with Crippen LogP contribution in [-0.2, 0) is 6.54 Å². The quantitative estimate of drug-likeness (QED) is 0.662. The van der Waals surface area contributed by atoms with Crippen LogP contribution >= 0.6 is 0 Å². The number of allylic oxidation sites excluding steroid dienone is 1. The van der Waals surface area contributed by atoms with Crippen LogP contribution < -0.4 is 0 Å². The lowest BCUT2D eigenvalue weighted by molar-refractivity contribution is 0.104. The van der Waals surface area contributed by atoms with Crippen LogP contribution in [0.25, 0.3) is 6.08 Å². The van der Waals surface area contributed by atoms with Crippen LogP contribution in [0.4, 0.5) is 0 Å². The van der Waals surface area contributed by atoms with Crippen LogP contribution in [0.5, 0.6) is 5.75 Å². The van der Waals surface area contributed by atoms with Gasteiger partial charge < -0.3 is 5.11 Å². The first-order valence-corrected chi connectivity index (χ1v) is 5.73. The van der Waals surface area contributed by atoms with E-state index < -0.39 is 0 Å². The van der Waals surface area contributed by atoms with E-state index in [0.29, 0.717) is 5.56 Å². The smallest absolute Gasteiger partial charge is 0.185 e. The zero-order chi connectivity index (χ0) is 13.0. The molecule has 0 bridgehead atoms. The summed E-state index contributed by atoms with van der Waals surface area (Å²) in [5, 5.41) is 13.4. The highest BCUT2D eigenvalue weighted by Gasteiger charge is 2.02. The molecule has 0 unspecified atom stereocenters. The molecule has 0 aliphatic carbocycles. The molecule has 0 atom stereocenters. The molecule has 0 fully saturated rings. The number of benzene rings is 1. The van der Waals surface area contributed by atoms with E-state index in [1.54, 1.807) is 29.1 Å². The van der Waals surface area contributed by atoms with Crippen LogP contribution in [0.15, 0.2) is 42.7 Å². The highest BCUT2D eigenvalue weighted by Crippen LogP contribution is 2.12. The first kappa shape index (κ1) is 12.1. The van der Waals surface area contributed by atoms with Crippen molar-refractivity contribution in [2.75, 3.05) is 0 Å². The van der Waals surface area contributed by atoms with E-state index in [2.05, 4.69) is 5.10 Å². The van der Waals surface area contributed by atoms with E-state index in [-0.39, 0.29) is 11.5 Å². The predicted molar refractivity (Wildman–Crippen MR) is 69.4 cm³/mol. The summed E-state index contributed by atoms with van der Waals surface area (Å²) in [6, 6.07) is 6.29. The number of hydrogen-bond acceptors (Lipinski definition) is 3. The maximum Gasteiger partial charge on any atom is 0.185 e. The molecule has 1 aromatic carbocycles. The first-order valence-electron chi connectivity index (χ1n) is 5.73. The van der Waals surface area contributed by atoms with E-state index in [1.165, 1.54) is 18.2 Å². The molecule has 0 aliphatic heterocycles. The lowest BCUT2D eigenvalue weighted by Crippen LogP contribution is -1.93. The number of carbonyl (C=O) groups is 1. The molecule has 2 rings (SSSR count). The molecular weight excluding hydrogens is 228 g/mol. The minimum atomic E-state index is -0.143. The third kappa shape index (κ3) is 2.85. The van der Waals surface area contributed by atoms with Crippen molar-refractivity contribution >= 4 is 11.9 Å². The van der Waals surface area contributed by atoms with Crippen LogP contribution in [0.2, 0.25) is 0 Å². The number of aromatic hydroxyl groups is 1. The van der Waals surface area contributed by atoms with Crippen LogP contribution in [-0.4, -0.2) is 20.7 Å². The fourth-order valence-corrected chi connectivity index (χ4v) is 1.57. The highest BCUT2D eigenvalue weighted by molar-refractivity contribution is 6.06. The van der Waals surface area contributed by atoms with Gasteiger partial charge in [0.2, 0.25) is 0 Å². The lowest BCUT2D eigenvalue weighted by atomic mass is 10.1. The van der Waals surface area contributed by atoms with Gasteiger partial charge in [0.25, 0.3) is 0 Å². The molecule has 0 radical (unpaired) electrons. The second-order valence-electron chi connectivity index (χ2n) is 3.88. The summed E-state index contributed by atoms with van der Waals surface area (Å²) in [6.07, 6.45) is 6.76. The first-order chi connectivity index (χ1) is 8.69. The molecule has 0 saturated carbocycles. The molecule has 1 N–H and O–H groups in total. The van der Waals surface area contributed by atoms with Crippen molar-refractivity contribution in [1.82, 2.24) is 9.78 Å². The molecule has 4 nitrogen and oxygen atoms in total. The van der Waals surface area contributed by atoms with Crippen LogP contribution in [0.3, 0.4) is 0 Å². The Morgan fingerprint density at radius 1 is 1.50 bits per heavy atom.